The van der Waals surface area contributed by atoms with E-state index >= 15 is 0 Å². The molecule has 0 rings (SSSR count). The fourth-order valence-corrected chi connectivity index (χ4v) is 3.03. The van der Waals surface area contributed by atoms with Crippen LogP contribution >= 0.6 is 7.75 Å². The van der Waals surface area contributed by atoms with Crippen LogP contribution in [-0.2, 0) is 13.6 Å². The van der Waals surface area contributed by atoms with Crippen molar-refractivity contribution < 1.29 is 23.8 Å². The molecular formula is C8H20NO5P. The van der Waals surface area contributed by atoms with Gasteiger partial charge in [-0.25, -0.2) is 4.57 Å². The molecule has 15 heavy (non-hydrogen) atoms. The second-order valence-electron chi connectivity index (χ2n) is 2.95. The molecule has 2 N–H and O–H groups in total. The first kappa shape index (κ1) is 15.0. The van der Waals surface area contributed by atoms with Gasteiger partial charge in [-0.3, -0.25) is 9.05 Å². The highest BCUT2D eigenvalue weighted by atomic mass is 31.2. The third-order valence-electron chi connectivity index (χ3n) is 1.63. The highest BCUT2D eigenvalue weighted by molar-refractivity contribution is 7.51. The van der Waals surface area contributed by atoms with Crippen LogP contribution in [0.5, 0.6) is 0 Å². The summed E-state index contributed by atoms with van der Waals surface area (Å²) in [6, 6.07) is 0. The molecule has 0 aliphatic carbocycles. The summed E-state index contributed by atoms with van der Waals surface area (Å²) >= 11 is 0. The molecule has 0 aliphatic heterocycles. The Morgan fingerprint density at radius 3 is 1.67 bits per heavy atom. The van der Waals surface area contributed by atoms with Crippen LogP contribution in [0.25, 0.3) is 0 Å². The van der Waals surface area contributed by atoms with Crippen LogP contribution in [0.3, 0.4) is 0 Å². The molecule has 2 unspecified atom stereocenters. The monoisotopic (exact) mass is 241 g/mol. The van der Waals surface area contributed by atoms with Crippen molar-refractivity contribution >= 4 is 7.75 Å². The summed E-state index contributed by atoms with van der Waals surface area (Å²) in [5.74, 6) is 0. The van der Waals surface area contributed by atoms with Crippen molar-refractivity contribution in [3.63, 3.8) is 0 Å². The van der Waals surface area contributed by atoms with E-state index in [1.54, 1.807) is 13.8 Å². The van der Waals surface area contributed by atoms with Crippen LogP contribution in [0.1, 0.15) is 27.7 Å². The van der Waals surface area contributed by atoms with Gasteiger partial charge in [0.05, 0.1) is 13.2 Å². The molecule has 0 amide bonds. The number of aliphatic hydroxyl groups excluding tert-OH is 2. The largest absolute Gasteiger partial charge is 0.412 e. The first-order valence-corrected chi connectivity index (χ1v) is 6.42. The molecule has 0 saturated carbocycles. The third kappa shape index (κ3) is 4.18. The first-order valence-electron chi connectivity index (χ1n) is 4.93. The Labute approximate surface area is 90.4 Å². The molecule has 0 fully saturated rings. The van der Waals surface area contributed by atoms with E-state index in [0.717, 1.165) is 4.67 Å². The van der Waals surface area contributed by atoms with Gasteiger partial charge in [0, 0.05) is 0 Å². The summed E-state index contributed by atoms with van der Waals surface area (Å²) in [6.45, 7) is 6.44. The van der Waals surface area contributed by atoms with Gasteiger partial charge in [0.25, 0.3) is 0 Å². The number of rotatable bonds is 7. The summed E-state index contributed by atoms with van der Waals surface area (Å²) in [6.07, 6.45) is -2.23. The van der Waals surface area contributed by atoms with Crippen molar-refractivity contribution in [1.82, 2.24) is 4.67 Å². The predicted octanol–water partition coefficient (Wildman–Crippen LogP) is 1.15. The zero-order chi connectivity index (χ0) is 12.1. The Morgan fingerprint density at radius 1 is 1.13 bits per heavy atom. The number of aliphatic hydroxyl groups is 2. The van der Waals surface area contributed by atoms with Gasteiger partial charge in [-0.05, 0) is 27.7 Å². The van der Waals surface area contributed by atoms with E-state index < -0.39 is 20.2 Å². The van der Waals surface area contributed by atoms with Crippen LogP contribution in [0.15, 0.2) is 0 Å². The molecule has 92 valence electrons. The Kier molecular flexibility index (Phi) is 6.59. The van der Waals surface area contributed by atoms with Crippen molar-refractivity contribution in [1.29, 1.82) is 0 Å². The van der Waals surface area contributed by atoms with Crippen LogP contribution in [-0.4, -0.2) is 40.6 Å². The average molecular weight is 241 g/mol. The van der Waals surface area contributed by atoms with E-state index in [4.69, 9.17) is 9.05 Å². The van der Waals surface area contributed by atoms with Crippen molar-refractivity contribution in [2.24, 2.45) is 0 Å². The normalized spacial score (nSPS) is 16.7. The van der Waals surface area contributed by atoms with Gasteiger partial charge in [0.1, 0.15) is 12.5 Å². The smallest absolute Gasteiger partial charge is 0.378 e. The Hall–Kier alpha value is 0.0300. The van der Waals surface area contributed by atoms with Gasteiger partial charge in [0.15, 0.2) is 0 Å². The molecule has 0 radical (unpaired) electrons. The zero-order valence-corrected chi connectivity index (χ0v) is 10.5. The molecule has 0 heterocycles. The quantitative estimate of drug-likeness (QED) is 0.514. The summed E-state index contributed by atoms with van der Waals surface area (Å²) in [5, 5.41) is 18.8. The van der Waals surface area contributed by atoms with Crippen molar-refractivity contribution in [2.45, 2.75) is 40.2 Å². The SMILES string of the molecule is CCOP(=O)(OCC)N(C(C)O)C(C)O. The fourth-order valence-electron chi connectivity index (χ4n) is 1.22. The second kappa shape index (κ2) is 6.58. The third-order valence-corrected chi connectivity index (χ3v) is 4.04. The van der Waals surface area contributed by atoms with Crippen molar-refractivity contribution in [3.8, 4) is 0 Å². The lowest BCUT2D eigenvalue weighted by Gasteiger charge is -2.33. The van der Waals surface area contributed by atoms with Gasteiger partial charge in [0.2, 0.25) is 0 Å². The Bertz CT molecular complexity index is 203. The van der Waals surface area contributed by atoms with Crippen LogP contribution < -0.4 is 0 Å². The van der Waals surface area contributed by atoms with Crippen molar-refractivity contribution in [3.05, 3.63) is 0 Å². The molecule has 0 aromatic heterocycles. The number of nitrogens with zero attached hydrogens (tertiary/aromatic N) is 1. The minimum absolute atomic E-state index is 0.174. The summed E-state index contributed by atoms with van der Waals surface area (Å²) in [7, 11) is -3.61. The molecular weight excluding hydrogens is 221 g/mol. The fraction of sp³-hybridized carbons (Fsp3) is 1.00. The van der Waals surface area contributed by atoms with Gasteiger partial charge in [-0.2, -0.15) is 4.67 Å². The summed E-state index contributed by atoms with van der Waals surface area (Å²) < 4.78 is 23.1. The average Bonchev–Trinajstić information content (AvgIpc) is 2.02. The topological polar surface area (TPSA) is 79.2 Å². The van der Waals surface area contributed by atoms with Crippen LogP contribution in [0, 0.1) is 0 Å². The van der Waals surface area contributed by atoms with E-state index in [0.29, 0.717) is 0 Å². The molecule has 0 aromatic rings. The van der Waals surface area contributed by atoms with E-state index in [2.05, 4.69) is 0 Å². The highest BCUT2D eigenvalue weighted by Gasteiger charge is 2.38. The lowest BCUT2D eigenvalue weighted by atomic mass is 10.6. The molecule has 0 aromatic carbocycles. The molecule has 7 heteroatoms. The number of hydrogen-bond acceptors (Lipinski definition) is 5. The minimum Gasteiger partial charge on any atom is -0.378 e. The zero-order valence-electron chi connectivity index (χ0n) is 9.58. The molecule has 2 atom stereocenters. The predicted molar refractivity (Wildman–Crippen MR) is 56.1 cm³/mol. The molecule has 0 spiro atoms. The highest BCUT2D eigenvalue weighted by Crippen LogP contribution is 2.53. The summed E-state index contributed by atoms with van der Waals surface area (Å²) in [4.78, 5) is 0. The van der Waals surface area contributed by atoms with Crippen LogP contribution in [0.4, 0.5) is 0 Å². The standard InChI is InChI=1S/C8H20NO5P/c1-5-13-15(12,14-6-2)9(7(3)10)8(4)11/h7-8,10-11H,5-6H2,1-4H3. The maximum atomic E-state index is 12.2. The van der Waals surface area contributed by atoms with Gasteiger partial charge in [-0.15, -0.1) is 0 Å². The molecule has 0 bridgehead atoms. The van der Waals surface area contributed by atoms with E-state index in [9.17, 15) is 14.8 Å². The molecule has 0 aliphatic rings. The maximum absolute atomic E-state index is 12.2. The minimum atomic E-state index is -3.61. The maximum Gasteiger partial charge on any atom is 0.412 e. The second-order valence-corrected chi connectivity index (χ2v) is 4.86. The van der Waals surface area contributed by atoms with Gasteiger partial charge >= 0.3 is 7.75 Å². The summed E-state index contributed by atoms with van der Waals surface area (Å²) in [5.41, 5.74) is 0. The van der Waals surface area contributed by atoms with Gasteiger partial charge < -0.3 is 10.2 Å². The molecule has 0 saturated heterocycles. The lowest BCUT2D eigenvalue weighted by molar-refractivity contribution is -0.0484. The number of hydrogen-bond donors (Lipinski definition) is 2. The van der Waals surface area contributed by atoms with Crippen molar-refractivity contribution in [2.75, 3.05) is 13.2 Å². The van der Waals surface area contributed by atoms with E-state index in [1.165, 1.54) is 13.8 Å². The van der Waals surface area contributed by atoms with Gasteiger partial charge in [-0.1, -0.05) is 0 Å². The Morgan fingerprint density at radius 2 is 1.47 bits per heavy atom. The van der Waals surface area contributed by atoms with Crippen LogP contribution in [0.2, 0.25) is 0 Å². The first-order chi connectivity index (χ1) is 6.89. The van der Waals surface area contributed by atoms with E-state index in [-0.39, 0.29) is 13.2 Å². The van der Waals surface area contributed by atoms with E-state index in [1.807, 2.05) is 0 Å². The lowest BCUT2D eigenvalue weighted by Crippen LogP contribution is -2.38. The molecule has 6 nitrogen and oxygen atoms in total. The Balaban J connectivity index is 4.91.